The van der Waals surface area contributed by atoms with Gasteiger partial charge in [0.15, 0.2) is 5.82 Å². The lowest BCUT2D eigenvalue weighted by molar-refractivity contribution is 0.321. The molecule has 1 aromatic rings. The van der Waals surface area contributed by atoms with Crippen molar-refractivity contribution >= 4 is 0 Å². The second-order valence-corrected chi connectivity index (χ2v) is 6.00. The third-order valence-electron chi connectivity index (χ3n) is 4.45. The Morgan fingerprint density at radius 3 is 2.78 bits per heavy atom. The van der Waals surface area contributed by atoms with Crippen molar-refractivity contribution in [2.75, 3.05) is 6.54 Å². The average Bonchev–Trinajstić information content (AvgIpc) is 3.02. The van der Waals surface area contributed by atoms with Crippen LogP contribution in [-0.2, 0) is 6.42 Å². The van der Waals surface area contributed by atoms with Gasteiger partial charge < -0.3 is 9.84 Å². The van der Waals surface area contributed by atoms with Crippen molar-refractivity contribution in [2.24, 2.45) is 5.92 Å². The molecule has 2 heterocycles. The van der Waals surface area contributed by atoms with E-state index in [1.807, 2.05) is 0 Å². The van der Waals surface area contributed by atoms with Crippen LogP contribution in [0.4, 0.5) is 0 Å². The third-order valence-corrected chi connectivity index (χ3v) is 4.45. The van der Waals surface area contributed by atoms with E-state index in [4.69, 9.17) is 4.52 Å². The maximum atomic E-state index is 5.41. The third kappa shape index (κ3) is 2.74. The molecule has 4 heteroatoms. The summed E-state index contributed by atoms with van der Waals surface area (Å²) in [7, 11) is 0. The predicted octanol–water partition coefficient (Wildman–Crippen LogP) is 2.66. The van der Waals surface area contributed by atoms with Crippen LogP contribution in [0, 0.1) is 5.92 Å². The molecule has 0 spiro atoms. The summed E-state index contributed by atoms with van der Waals surface area (Å²) in [6.07, 6.45) is 8.46. The van der Waals surface area contributed by atoms with Crippen molar-refractivity contribution in [1.82, 2.24) is 15.5 Å². The summed E-state index contributed by atoms with van der Waals surface area (Å²) in [6, 6.07) is 0.546. The number of aromatic nitrogens is 2. The quantitative estimate of drug-likeness (QED) is 0.894. The molecule has 2 fully saturated rings. The standard InChI is InChI=1S/C14H23N3O/c1-10-4-6-11(7-5-10)14-16-13(18-17-14)9-12-3-2-8-15-12/h10-12,15H,2-9H2,1H3. The van der Waals surface area contributed by atoms with Gasteiger partial charge in [0.05, 0.1) is 0 Å². The molecule has 4 nitrogen and oxygen atoms in total. The summed E-state index contributed by atoms with van der Waals surface area (Å²) in [5.41, 5.74) is 0. The van der Waals surface area contributed by atoms with Crippen molar-refractivity contribution < 1.29 is 4.52 Å². The lowest BCUT2D eigenvalue weighted by Gasteiger charge is -2.23. The zero-order chi connectivity index (χ0) is 12.4. The molecule has 1 saturated carbocycles. The van der Waals surface area contributed by atoms with Crippen LogP contribution < -0.4 is 5.32 Å². The maximum Gasteiger partial charge on any atom is 0.228 e. The highest BCUT2D eigenvalue weighted by Crippen LogP contribution is 2.34. The van der Waals surface area contributed by atoms with E-state index in [-0.39, 0.29) is 0 Å². The molecule has 1 aliphatic heterocycles. The first-order valence-corrected chi connectivity index (χ1v) is 7.37. The first-order valence-electron chi connectivity index (χ1n) is 7.37. The van der Waals surface area contributed by atoms with E-state index in [0.717, 1.165) is 30.6 Å². The molecule has 0 aromatic carbocycles. The molecule has 0 bridgehead atoms. The predicted molar refractivity (Wildman–Crippen MR) is 69.4 cm³/mol. The molecule has 1 N–H and O–H groups in total. The topological polar surface area (TPSA) is 51.0 Å². The number of hydrogen-bond acceptors (Lipinski definition) is 4. The molecule has 100 valence electrons. The van der Waals surface area contributed by atoms with Gasteiger partial charge in [-0.05, 0) is 38.1 Å². The van der Waals surface area contributed by atoms with Crippen LogP contribution in [0.5, 0.6) is 0 Å². The summed E-state index contributed by atoms with van der Waals surface area (Å²) in [6.45, 7) is 3.47. The zero-order valence-electron chi connectivity index (χ0n) is 11.2. The maximum absolute atomic E-state index is 5.41. The molecule has 1 aromatic heterocycles. The second kappa shape index (κ2) is 5.39. The number of rotatable bonds is 3. The monoisotopic (exact) mass is 249 g/mol. The molecule has 3 rings (SSSR count). The van der Waals surface area contributed by atoms with Gasteiger partial charge in [-0.2, -0.15) is 4.98 Å². The first kappa shape index (κ1) is 12.2. The summed E-state index contributed by atoms with van der Waals surface area (Å²) in [5.74, 6) is 3.18. The van der Waals surface area contributed by atoms with E-state index in [1.54, 1.807) is 0 Å². The van der Waals surface area contributed by atoms with Crippen LogP contribution in [0.25, 0.3) is 0 Å². The lowest BCUT2D eigenvalue weighted by Crippen LogP contribution is -2.23. The van der Waals surface area contributed by atoms with Crippen molar-refractivity contribution in [3.05, 3.63) is 11.7 Å². The first-order chi connectivity index (χ1) is 8.81. The number of nitrogens with one attached hydrogen (secondary N) is 1. The van der Waals surface area contributed by atoms with E-state index in [2.05, 4.69) is 22.4 Å². The van der Waals surface area contributed by atoms with Gasteiger partial charge in [0.25, 0.3) is 0 Å². The van der Waals surface area contributed by atoms with Gasteiger partial charge in [-0.15, -0.1) is 0 Å². The highest BCUT2D eigenvalue weighted by Gasteiger charge is 2.25. The normalized spacial score (nSPS) is 32.8. The minimum absolute atomic E-state index is 0.537. The van der Waals surface area contributed by atoms with Crippen LogP contribution in [-0.4, -0.2) is 22.7 Å². The van der Waals surface area contributed by atoms with Gasteiger partial charge in [-0.1, -0.05) is 24.9 Å². The highest BCUT2D eigenvalue weighted by atomic mass is 16.5. The molecule has 1 atom stereocenters. The molecule has 1 saturated heterocycles. The van der Waals surface area contributed by atoms with Gasteiger partial charge in [0, 0.05) is 18.4 Å². The summed E-state index contributed by atoms with van der Waals surface area (Å²) in [5, 5.41) is 7.66. The molecule has 0 amide bonds. The van der Waals surface area contributed by atoms with Crippen molar-refractivity contribution in [3.63, 3.8) is 0 Å². The Labute approximate surface area is 109 Å². The second-order valence-electron chi connectivity index (χ2n) is 6.00. The Morgan fingerprint density at radius 1 is 1.22 bits per heavy atom. The largest absolute Gasteiger partial charge is 0.339 e. The van der Waals surface area contributed by atoms with E-state index >= 15 is 0 Å². The molecule has 1 aliphatic carbocycles. The Bertz CT molecular complexity index is 376. The number of nitrogens with zero attached hydrogens (tertiary/aromatic N) is 2. The summed E-state index contributed by atoms with van der Waals surface area (Å²) >= 11 is 0. The minimum Gasteiger partial charge on any atom is -0.339 e. The average molecular weight is 249 g/mol. The lowest BCUT2D eigenvalue weighted by atomic mass is 9.83. The van der Waals surface area contributed by atoms with Gasteiger partial charge in [-0.25, -0.2) is 0 Å². The fourth-order valence-corrected chi connectivity index (χ4v) is 3.18. The molecular formula is C14H23N3O. The van der Waals surface area contributed by atoms with E-state index in [1.165, 1.54) is 38.5 Å². The van der Waals surface area contributed by atoms with Crippen LogP contribution in [0.15, 0.2) is 4.52 Å². The Morgan fingerprint density at radius 2 is 2.06 bits per heavy atom. The zero-order valence-corrected chi connectivity index (χ0v) is 11.2. The Balaban J connectivity index is 1.58. The minimum atomic E-state index is 0.537. The number of hydrogen-bond donors (Lipinski definition) is 1. The molecule has 18 heavy (non-hydrogen) atoms. The molecule has 2 aliphatic rings. The van der Waals surface area contributed by atoms with Gasteiger partial charge >= 0.3 is 0 Å². The van der Waals surface area contributed by atoms with Crippen molar-refractivity contribution in [1.29, 1.82) is 0 Å². The molecule has 1 unspecified atom stereocenters. The van der Waals surface area contributed by atoms with E-state index in [0.29, 0.717) is 12.0 Å². The van der Waals surface area contributed by atoms with Crippen LogP contribution in [0.1, 0.15) is 63.1 Å². The van der Waals surface area contributed by atoms with E-state index < -0.39 is 0 Å². The Hall–Kier alpha value is -0.900. The van der Waals surface area contributed by atoms with Crippen LogP contribution in [0.3, 0.4) is 0 Å². The highest BCUT2D eigenvalue weighted by molar-refractivity contribution is 4.99. The van der Waals surface area contributed by atoms with Gasteiger partial charge in [0.2, 0.25) is 5.89 Å². The van der Waals surface area contributed by atoms with Gasteiger partial charge in [0.1, 0.15) is 0 Å². The smallest absolute Gasteiger partial charge is 0.228 e. The van der Waals surface area contributed by atoms with Crippen LogP contribution >= 0.6 is 0 Å². The SMILES string of the molecule is CC1CCC(c2noc(CC3CCCN3)n2)CC1. The fraction of sp³-hybridized carbons (Fsp3) is 0.857. The molecular weight excluding hydrogens is 226 g/mol. The van der Waals surface area contributed by atoms with E-state index in [9.17, 15) is 0 Å². The Kier molecular flexibility index (Phi) is 3.64. The van der Waals surface area contributed by atoms with Crippen molar-refractivity contribution in [2.45, 2.75) is 63.8 Å². The summed E-state index contributed by atoms with van der Waals surface area (Å²) in [4.78, 5) is 4.60. The van der Waals surface area contributed by atoms with Gasteiger partial charge in [-0.3, -0.25) is 0 Å². The van der Waals surface area contributed by atoms with Crippen LogP contribution in [0.2, 0.25) is 0 Å². The molecule has 0 radical (unpaired) electrons. The fourth-order valence-electron chi connectivity index (χ4n) is 3.18. The van der Waals surface area contributed by atoms with Crippen molar-refractivity contribution in [3.8, 4) is 0 Å². The summed E-state index contributed by atoms with van der Waals surface area (Å²) < 4.78 is 5.41.